The van der Waals surface area contributed by atoms with Gasteiger partial charge in [-0.2, -0.15) is 0 Å². The molecule has 2 rings (SSSR count). The van der Waals surface area contributed by atoms with Crippen LogP contribution >= 0.6 is 0 Å². The maximum absolute atomic E-state index is 6.05. The van der Waals surface area contributed by atoms with Crippen molar-refractivity contribution < 1.29 is 0 Å². The first-order valence-electron chi connectivity index (χ1n) is 4.87. The Bertz CT molecular complexity index is 475. The molecule has 0 fully saturated rings. The maximum atomic E-state index is 6.05. The van der Waals surface area contributed by atoms with Crippen LogP contribution in [0.15, 0.2) is 24.3 Å². The van der Waals surface area contributed by atoms with Gasteiger partial charge in [-0.1, -0.05) is 25.1 Å². The fraction of sp³-hybridized carbons (Fsp3) is 0.250. The Balaban J connectivity index is 2.85. The quantitative estimate of drug-likeness (QED) is 0.743. The fourth-order valence-corrected chi connectivity index (χ4v) is 1.73. The summed E-state index contributed by atoms with van der Waals surface area (Å²) in [7, 11) is 0. The summed E-state index contributed by atoms with van der Waals surface area (Å²) in [6.07, 6.45) is 0.931. The van der Waals surface area contributed by atoms with Gasteiger partial charge in [0.1, 0.15) is 0 Å². The molecule has 0 unspecified atom stereocenters. The van der Waals surface area contributed by atoms with Gasteiger partial charge in [0, 0.05) is 16.8 Å². The van der Waals surface area contributed by atoms with Crippen molar-refractivity contribution >= 4 is 16.6 Å². The van der Waals surface area contributed by atoms with Gasteiger partial charge in [-0.05, 0) is 25.0 Å². The van der Waals surface area contributed by atoms with Crippen LogP contribution in [0.25, 0.3) is 10.9 Å². The van der Waals surface area contributed by atoms with Crippen molar-refractivity contribution in [2.75, 3.05) is 5.73 Å². The summed E-state index contributed by atoms with van der Waals surface area (Å²) in [5.41, 5.74) is 10.1. The van der Waals surface area contributed by atoms with E-state index in [2.05, 4.69) is 11.9 Å². The molecule has 0 amide bonds. The summed E-state index contributed by atoms with van der Waals surface area (Å²) in [4.78, 5) is 4.57. The van der Waals surface area contributed by atoms with Crippen molar-refractivity contribution in [3.05, 3.63) is 35.5 Å². The molecular formula is C12H14N2. The lowest BCUT2D eigenvalue weighted by Crippen LogP contribution is -1.99. The first-order valence-corrected chi connectivity index (χ1v) is 4.87. The number of para-hydroxylation sites is 1. The second-order valence-corrected chi connectivity index (χ2v) is 3.47. The molecule has 2 N–H and O–H groups in total. The van der Waals surface area contributed by atoms with Gasteiger partial charge in [0.15, 0.2) is 0 Å². The van der Waals surface area contributed by atoms with E-state index in [0.717, 1.165) is 34.3 Å². The Morgan fingerprint density at radius 2 is 2.00 bits per heavy atom. The van der Waals surface area contributed by atoms with Crippen LogP contribution < -0.4 is 5.73 Å². The third kappa shape index (κ3) is 1.23. The molecule has 0 atom stereocenters. The number of fused-ring (bicyclic) bond motifs is 1. The van der Waals surface area contributed by atoms with Gasteiger partial charge < -0.3 is 5.73 Å². The summed E-state index contributed by atoms with van der Waals surface area (Å²) >= 11 is 0. The van der Waals surface area contributed by atoms with Gasteiger partial charge in [-0.25, -0.2) is 0 Å². The molecule has 0 aliphatic heterocycles. The molecule has 72 valence electrons. The predicted molar refractivity (Wildman–Crippen MR) is 60.3 cm³/mol. The minimum atomic E-state index is 0.868. The normalized spacial score (nSPS) is 10.7. The zero-order valence-corrected chi connectivity index (χ0v) is 8.54. The number of aromatic nitrogens is 1. The van der Waals surface area contributed by atoms with Crippen LogP contribution in [0.2, 0.25) is 0 Å². The standard InChI is InChI=1S/C12H14N2/c1-3-10-8(2)12(13)9-6-4-5-7-11(9)14-10/h4-7H,3H2,1-2H3,(H2,13,14). The van der Waals surface area contributed by atoms with Gasteiger partial charge in [0.05, 0.1) is 5.52 Å². The van der Waals surface area contributed by atoms with Crippen molar-refractivity contribution in [1.82, 2.24) is 4.98 Å². The maximum Gasteiger partial charge on any atom is 0.0726 e. The largest absolute Gasteiger partial charge is 0.398 e. The molecular weight excluding hydrogens is 172 g/mol. The molecule has 1 aromatic heterocycles. The van der Waals surface area contributed by atoms with Gasteiger partial charge in [-0.3, -0.25) is 4.98 Å². The van der Waals surface area contributed by atoms with Crippen molar-refractivity contribution in [3.63, 3.8) is 0 Å². The average Bonchev–Trinajstić information content (AvgIpc) is 2.23. The molecule has 0 bridgehead atoms. The van der Waals surface area contributed by atoms with E-state index in [1.807, 2.05) is 31.2 Å². The lowest BCUT2D eigenvalue weighted by atomic mass is 10.1. The average molecular weight is 186 g/mol. The summed E-state index contributed by atoms with van der Waals surface area (Å²) in [5, 5.41) is 1.06. The highest BCUT2D eigenvalue weighted by atomic mass is 14.7. The summed E-state index contributed by atoms with van der Waals surface area (Å²) < 4.78 is 0. The number of benzene rings is 1. The smallest absolute Gasteiger partial charge is 0.0726 e. The number of anilines is 1. The zero-order valence-electron chi connectivity index (χ0n) is 8.54. The van der Waals surface area contributed by atoms with Crippen molar-refractivity contribution in [3.8, 4) is 0 Å². The van der Waals surface area contributed by atoms with Gasteiger partial charge in [0.25, 0.3) is 0 Å². The molecule has 0 saturated heterocycles. The molecule has 1 heterocycles. The highest BCUT2D eigenvalue weighted by Gasteiger charge is 2.06. The van der Waals surface area contributed by atoms with Crippen molar-refractivity contribution in [2.24, 2.45) is 0 Å². The van der Waals surface area contributed by atoms with Crippen LogP contribution in [0.1, 0.15) is 18.2 Å². The van der Waals surface area contributed by atoms with E-state index >= 15 is 0 Å². The van der Waals surface area contributed by atoms with E-state index in [-0.39, 0.29) is 0 Å². The van der Waals surface area contributed by atoms with Crippen LogP contribution in [0.3, 0.4) is 0 Å². The highest BCUT2D eigenvalue weighted by Crippen LogP contribution is 2.24. The van der Waals surface area contributed by atoms with Crippen LogP contribution in [-0.4, -0.2) is 4.98 Å². The third-order valence-corrected chi connectivity index (χ3v) is 2.62. The number of nitrogens with zero attached hydrogens (tertiary/aromatic N) is 1. The van der Waals surface area contributed by atoms with Gasteiger partial charge in [0.2, 0.25) is 0 Å². The van der Waals surface area contributed by atoms with Crippen LogP contribution in [-0.2, 0) is 6.42 Å². The van der Waals surface area contributed by atoms with Gasteiger partial charge >= 0.3 is 0 Å². The molecule has 2 heteroatoms. The first-order chi connectivity index (χ1) is 6.74. The number of nitrogens with two attached hydrogens (primary N) is 1. The Morgan fingerprint density at radius 1 is 1.29 bits per heavy atom. The summed E-state index contributed by atoms with van der Waals surface area (Å²) in [6, 6.07) is 8.00. The second-order valence-electron chi connectivity index (χ2n) is 3.47. The summed E-state index contributed by atoms with van der Waals surface area (Å²) in [6.45, 7) is 4.14. The Hall–Kier alpha value is -1.57. The Kier molecular flexibility index (Phi) is 2.12. The predicted octanol–water partition coefficient (Wildman–Crippen LogP) is 2.69. The van der Waals surface area contributed by atoms with E-state index in [9.17, 15) is 0 Å². The summed E-state index contributed by atoms with van der Waals surface area (Å²) in [5.74, 6) is 0. The monoisotopic (exact) mass is 186 g/mol. The van der Waals surface area contributed by atoms with E-state index < -0.39 is 0 Å². The molecule has 0 saturated carbocycles. The SMILES string of the molecule is CCc1nc2ccccc2c(N)c1C. The minimum Gasteiger partial charge on any atom is -0.398 e. The number of nitrogen functional groups attached to an aromatic ring is 1. The molecule has 0 spiro atoms. The van der Waals surface area contributed by atoms with Crippen LogP contribution in [0.5, 0.6) is 0 Å². The van der Waals surface area contributed by atoms with E-state index in [1.165, 1.54) is 0 Å². The number of rotatable bonds is 1. The van der Waals surface area contributed by atoms with E-state index in [4.69, 9.17) is 5.73 Å². The zero-order chi connectivity index (χ0) is 10.1. The molecule has 0 aliphatic rings. The lowest BCUT2D eigenvalue weighted by molar-refractivity contribution is 1.03. The van der Waals surface area contributed by atoms with Crippen molar-refractivity contribution in [2.45, 2.75) is 20.3 Å². The fourth-order valence-electron chi connectivity index (χ4n) is 1.73. The molecule has 2 aromatic rings. The lowest BCUT2D eigenvalue weighted by Gasteiger charge is -2.09. The second kappa shape index (κ2) is 3.29. The molecule has 2 nitrogen and oxygen atoms in total. The van der Waals surface area contributed by atoms with Crippen LogP contribution in [0.4, 0.5) is 5.69 Å². The molecule has 14 heavy (non-hydrogen) atoms. The molecule has 0 radical (unpaired) electrons. The molecule has 1 aromatic carbocycles. The Labute approximate surface area is 83.8 Å². The number of hydrogen-bond acceptors (Lipinski definition) is 2. The van der Waals surface area contributed by atoms with Gasteiger partial charge in [-0.15, -0.1) is 0 Å². The molecule has 0 aliphatic carbocycles. The highest BCUT2D eigenvalue weighted by molar-refractivity contribution is 5.91. The Morgan fingerprint density at radius 3 is 2.71 bits per heavy atom. The number of aryl methyl sites for hydroxylation is 1. The topological polar surface area (TPSA) is 38.9 Å². The van der Waals surface area contributed by atoms with E-state index in [0.29, 0.717) is 0 Å². The van der Waals surface area contributed by atoms with Crippen molar-refractivity contribution in [1.29, 1.82) is 0 Å². The third-order valence-electron chi connectivity index (χ3n) is 2.62. The first kappa shape index (κ1) is 9.00. The van der Waals surface area contributed by atoms with Crippen LogP contribution in [0, 0.1) is 6.92 Å². The number of hydrogen-bond donors (Lipinski definition) is 1. The van der Waals surface area contributed by atoms with E-state index in [1.54, 1.807) is 0 Å². The number of pyridine rings is 1. The minimum absolute atomic E-state index is 0.868.